The molecule has 0 unspecified atom stereocenters. The van der Waals surface area contributed by atoms with Crippen LogP contribution in [0, 0.1) is 5.41 Å². The Morgan fingerprint density at radius 3 is 2.19 bits per heavy atom. The van der Waals surface area contributed by atoms with Gasteiger partial charge in [0.05, 0.1) is 5.41 Å². The zero-order valence-corrected chi connectivity index (χ0v) is 15.3. The molecular weight excluding hydrogens is 309 g/mol. The van der Waals surface area contributed by atoms with Crippen molar-refractivity contribution < 1.29 is 4.79 Å². The maximum Gasteiger partial charge on any atom is 0.227 e. The molecule has 0 saturated heterocycles. The van der Waals surface area contributed by atoms with Crippen molar-refractivity contribution in [2.75, 3.05) is 26.7 Å². The standard InChI is InChI=1S/C15H31N3O.2ClH/c1-4-15(5-2,12-16)14(19)17-10-11-18(3)13-8-6-7-9-13;;/h13H,4-12,16H2,1-3H3,(H,17,19);2*1H. The molecule has 21 heavy (non-hydrogen) atoms. The number of rotatable bonds is 8. The van der Waals surface area contributed by atoms with Crippen LogP contribution in [0.25, 0.3) is 0 Å². The number of hydrogen-bond donors (Lipinski definition) is 2. The summed E-state index contributed by atoms with van der Waals surface area (Å²) < 4.78 is 0. The summed E-state index contributed by atoms with van der Waals surface area (Å²) in [6, 6.07) is 0.716. The minimum Gasteiger partial charge on any atom is -0.354 e. The molecule has 0 bridgehead atoms. The van der Waals surface area contributed by atoms with Gasteiger partial charge in [-0.25, -0.2) is 0 Å². The molecular formula is C15H33Cl2N3O. The molecule has 1 saturated carbocycles. The quantitative estimate of drug-likeness (QED) is 0.713. The van der Waals surface area contributed by atoms with Gasteiger partial charge in [-0.2, -0.15) is 0 Å². The second-order valence-electron chi connectivity index (χ2n) is 5.87. The van der Waals surface area contributed by atoms with Crippen LogP contribution in [-0.4, -0.2) is 43.5 Å². The second-order valence-corrected chi connectivity index (χ2v) is 5.87. The number of likely N-dealkylation sites (N-methyl/N-ethyl adjacent to an activating group) is 1. The van der Waals surface area contributed by atoms with Gasteiger partial charge in [-0.05, 0) is 32.7 Å². The van der Waals surface area contributed by atoms with Gasteiger partial charge in [-0.15, -0.1) is 24.8 Å². The molecule has 1 fully saturated rings. The molecule has 3 N–H and O–H groups in total. The monoisotopic (exact) mass is 341 g/mol. The highest BCUT2D eigenvalue weighted by atomic mass is 35.5. The Morgan fingerprint density at radius 2 is 1.76 bits per heavy atom. The van der Waals surface area contributed by atoms with Gasteiger partial charge in [-0.3, -0.25) is 4.79 Å². The van der Waals surface area contributed by atoms with Gasteiger partial charge in [0.25, 0.3) is 0 Å². The fraction of sp³-hybridized carbons (Fsp3) is 0.933. The molecule has 0 aromatic heterocycles. The molecule has 1 aliphatic carbocycles. The molecule has 0 aromatic rings. The first-order valence-corrected chi connectivity index (χ1v) is 7.78. The number of carbonyl (C=O) groups is 1. The molecule has 0 spiro atoms. The van der Waals surface area contributed by atoms with Crippen molar-refractivity contribution in [2.24, 2.45) is 11.1 Å². The Morgan fingerprint density at radius 1 is 1.24 bits per heavy atom. The molecule has 6 heteroatoms. The number of amides is 1. The summed E-state index contributed by atoms with van der Waals surface area (Å²) in [5.41, 5.74) is 5.42. The van der Waals surface area contributed by atoms with Gasteiger partial charge in [-0.1, -0.05) is 26.7 Å². The lowest BCUT2D eigenvalue weighted by Crippen LogP contribution is -2.47. The number of nitrogens with zero attached hydrogens (tertiary/aromatic N) is 1. The first-order valence-electron chi connectivity index (χ1n) is 7.78. The number of carbonyl (C=O) groups excluding carboxylic acids is 1. The predicted octanol–water partition coefficient (Wildman–Crippen LogP) is 2.59. The van der Waals surface area contributed by atoms with E-state index in [-0.39, 0.29) is 36.1 Å². The van der Waals surface area contributed by atoms with E-state index < -0.39 is 0 Å². The minimum atomic E-state index is -0.369. The molecule has 0 radical (unpaired) electrons. The van der Waals surface area contributed by atoms with Gasteiger partial charge in [0.15, 0.2) is 0 Å². The zero-order valence-electron chi connectivity index (χ0n) is 13.7. The van der Waals surface area contributed by atoms with Crippen molar-refractivity contribution in [1.82, 2.24) is 10.2 Å². The van der Waals surface area contributed by atoms with E-state index in [1.165, 1.54) is 25.7 Å². The Labute approximate surface area is 142 Å². The number of halogens is 2. The maximum absolute atomic E-state index is 12.3. The molecule has 1 aliphatic rings. The summed E-state index contributed by atoms with van der Waals surface area (Å²) in [5.74, 6) is 0.125. The number of nitrogens with one attached hydrogen (secondary N) is 1. The fourth-order valence-electron chi connectivity index (χ4n) is 3.01. The summed E-state index contributed by atoms with van der Waals surface area (Å²) in [4.78, 5) is 14.6. The van der Waals surface area contributed by atoms with Gasteiger partial charge in [0, 0.05) is 25.7 Å². The second kappa shape index (κ2) is 11.5. The largest absolute Gasteiger partial charge is 0.354 e. The Kier molecular flexibility index (Phi) is 12.8. The number of nitrogens with two attached hydrogens (primary N) is 1. The van der Waals surface area contributed by atoms with E-state index in [1.807, 2.05) is 13.8 Å². The van der Waals surface area contributed by atoms with Crippen LogP contribution in [0.4, 0.5) is 0 Å². The van der Waals surface area contributed by atoms with Crippen molar-refractivity contribution in [2.45, 2.75) is 58.4 Å². The normalized spacial score (nSPS) is 15.5. The van der Waals surface area contributed by atoms with Crippen molar-refractivity contribution in [1.29, 1.82) is 0 Å². The van der Waals surface area contributed by atoms with Crippen molar-refractivity contribution >= 4 is 30.7 Å². The van der Waals surface area contributed by atoms with E-state index in [4.69, 9.17) is 5.73 Å². The van der Waals surface area contributed by atoms with Crippen LogP contribution in [0.2, 0.25) is 0 Å². The molecule has 1 amide bonds. The van der Waals surface area contributed by atoms with Gasteiger partial charge < -0.3 is 16.0 Å². The van der Waals surface area contributed by atoms with E-state index in [2.05, 4.69) is 17.3 Å². The topological polar surface area (TPSA) is 58.4 Å². The highest BCUT2D eigenvalue weighted by Crippen LogP contribution is 2.25. The third-order valence-corrected chi connectivity index (χ3v) is 4.92. The van der Waals surface area contributed by atoms with Crippen molar-refractivity contribution in [3.63, 3.8) is 0 Å². The SMILES string of the molecule is CCC(CC)(CN)C(=O)NCCN(C)C1CCCC1.Cl.Cl. The van der Waals surface area contributed by atoms with Crippen LogP contribution in [0.15, 0.2) is 0 Å². The summed E-state index contributed by atoms with van der Waals surface area (Å²) in [7, 11) is 2.16. The van der Waals surface area contributed by atoms with E-state index >= 15 is 0 Å². The smallest absolute Gasteiger partial charge is 0.227 e. The average Bonchev–Trinajstić information content (AvgIpc) is 2.95. The van der Waals surface area contributed by atoms with Crippen LogP contribution < -0.4 is 11.1 Å². The summed E-state index contributed by atoms with van der Waals surface area (Å²) >= 11 is 0. The van der Waals surface area contributed by atoms with Crippen LogP contribution in [0.1, 0.15) is 52.4 Å². The van der Waals surface area contributed by atoms with E-state index in [0.29, 0.717) is 12.6 Å². The van der Waals surface area contributed by atoms with Crippen LogP contribution >= 0.6 is 24.8 Å². The molecule has 1 rings (SSSR count). The molecule has 4 nitrogen and oxygen atoms in total. The fourth-order valence-corrected chi connectivity index (χ4v) is 3.01. The van der Waals surface area contributed by atoms with Crippen molar-refractivity contribution in [3.05, 3.63) is 0 Å². The third-order valence-electron chi connectivity index (χ3n) is 4.92. The summed E-state index contributed by atoms with van der Waals surface area (Å²) in [5, 5.41) is 3.07. The Balaban J connectivity index is 0. The lowest BCUT2D eigenvalue weighted by atomic mass is 9.81. The van der Waals surface area contributed by atoms with E-state index in [0.717, 1.165) is 25.9 Å². The first-order chi connectivity index (χ1) is 9.09. The van der Waals surface area contributed by atoms with Crippen LogP contribution in [0.3, 0.4) is 0 Å². The molecule has 0 aromatic carbocycles. The maximum atomic E-state index is 12.3. The lowest BCUT2D eigenvalue weighted by Gasteiger charge is -2.29. The average molecular weight is 342 g/mol. The number of hydrogen-bond acceptors (Lipinski definition) is 3. The van der Waals surface area contributed by atoms with Crippen LogP contribution in [-0.2, 0) is 4.79 Å². The highest BCUT2D eigenvalue weighted by Gasteiger charge is 2.33. The first kappa shape index (κ1) is 23.2. The van der Waals surface area contributed by atoms with Crippen molar-refractivity contribution in [3.8, 4) is 0 Å². The minimum absolute atomic E-state index is 0. The van der Waals surface area contributed by atoms with E-state index in [9.17, 15) is 4.79 Å². The Bertz CT molecular complexity index is 272. The predicted molar refractivity (Wildman–Crippen MR) is 94.5 cm³/mol. The molecule has 0 heterocycles. The highest BCUT2D eigenvalue weighted by molar-refractivity contribution is 5.85. The summed E-state index contributed by atoms with van der Waals surface area (Å²) in [6.45, 7) is 6.18. The van der Waals surface area contributed by atoms with Gasteiger partial charge in [0.1, 0.15) is 0 Å². The van der Waals surface area contributed by atoms with Crippen LogP contribution in [0.5, 0.6) is 0 Å². The van der Waals surface area contributed by atoms with E-state index in [1.54, 1.807) is 0 Å². The van der Waals surface area contributed by atoms with Gasteiger partial charge >= 0.3 is 0 Å². The molecule has 0 aliphatic heterocycles. The Hall–Kier alpha value is -0.0300. The zero-order chi connectivity index (χ0) is 14.3. The molecule has 128 valence electrons. The molecule has 0 atom stereocenters. The third kappa shape index (κ3) is 6.31. The summed E-state index contributed by atoms with van der Waals surface area (Å²) in [6.07, 6.45) is 6.93. The van der Waals surface area contributed by atoms with Gasteiger partial charge in [0.2, 0.25) is 5.91 Å². The lowest BCUT2D eigenvalue weighted by molar-refractivity contribution is -0.131.